The van der Waals surface area contributed by atoms with Gasteiger partial charge in [0.25, 0.3) is 11.8 Å². The Morgan fingerprint density at radius 3 is 2.47 bits per heavy atom. The van der Waals surface area contributed by atoms with Gasteiger partial charge in [-0.15, -0.1) is 10.2 Å². The summed E-state index contributed by atoms with van der Waals surface area (Å²) in [6.07, 6.45) is -1.11. The Kier molecular flexibility index (Phi) is 7.33. The Balaban J connectivity index is 1.77. The van der Waals surface area contributed by atoms with Gasteiger partial charge in [-0.1, -0.05) is 18.6 Å². The van der Waals surface area contributed by atoms with Crippen molar-refractivity contribution in [3.05, 3.63) is 64.6 Å². The number of rotatable bonds is 7. The molecule has 1 fully saturated rings. The average Bonchev–Trinajstić information content (AvgIpc) is 2.78. The number of aromatic nitrogens is 2. The molecular formula is C25H24F4N4O4S. The predicted octanol–water partition coefficient (Wildman–Crippen LogP) is 6.30. The summed E-state index contributed by atoms with van der Waals surface area (Å²) in [6, 6.07) is 8.47. The minimum Gasteiger partial charge on any atom is -0.490 e. The second-order valence-electron chi connectivity index (χ2n) is 8.91. The first kappa shape index (κ1) is 27.3. The highest BCUT2D eigenvalue weighted by Gasteiger charge is 2.38. The van der Waals surface area contributed by atoms with Crippen molar-refractivity contribution >= 4 is 21.3 Å². The molecule has 1 heterocycles. The van der Waals surface area contributed by atoms with Crippen LogP contribution in [0.1, 0.15) is 52.4 Å². The lowest BCUT2D eigenvalue weighted by Crippen LogP contribution is -2.21. The van der Waals surface area contributed by atoms with E-state index in [1.807, 2.05) is 0 Å². The number of ether oxygens (including phenoxy) is 2. The van der Waals surface area contributed by atoms with Crippen molar-refractivity contribution in [1.82, 2.24) is 10.2 Å². The van der Waals surface area contributed by atoms with Gasteiger partial charge in [-0.05, 0) is 61.1 Å². The van der Waals surface area contributed by atoms with Crippen LogP contribution < -0.4 is 14.8 Å². The zero-order chi connectivity index (χ0) is 27.8. The lowest BCUT2D eigenvalue weighted by Gasteiger charge is -2.27. The molecule has 13 heteroatoms. The summed E-state index contributed by atoms with van der Waals surface area (Å²) in [6.45, 7) is 1.04. The van der Waals surface area contributed by atoms with E-state index in [4.69, 9.17) is 14.3 Å². The molecule has 0 saturated heterocycles. The van der Waals surface area contributed by atoms with E-state index < -0.39 is 50.3 Å². The van der Waals surface area contributed by atoms with Gasteiger partial charge in [-0.3, -0.25) is 4.79 Å². The monoisotopic (exact) mass is 552 g/mol. The first-order valence-electron chi connectivity index (χ1n) is 11.4. The van der Waals surface area contributed by atoms with Crippen molar-refractivity contribution in [2.24, 2.45) is 0 Å². The quantitative estimate of drug-likeness (QED) is 0.333. The zero-order valence-electron chi connectivity index (χ0n) is 20.6. The van der Waals surface area contributed by atoms with Gasteiger partial charge >= 0.3 is 6.18 Å². The fourth-order valence-electron chi connectivity index (χ4n) is 4.08. The van der Waals surface area contributed by atoms with Gasteiger partial charge in [0.05, 0.1) is 16.8 Å². The van der Waals surface area contributed by atoms with Crippen molar-refractivity contribution in [1.29, 1.82) is 4.78 Å². The van der Waals surface area contributed by atoms with Gasteiger partial charge in [0.15, 0.2) is 23.0 Å². The summed E-state index contributed by atoms with van der Waals surface area (Å²) in [5, 5.41) is 9.14. The van der Waals surface area contributed by atoms with Crippen LogP contribution >= 0.6 is 0 Å². The van der Waals surface area contributed by atoms with Crippen molar-refractivity contribution in [2.75, 3.05) is 18.7 Å². The molecule has 1 saturated carbocycles. The molecule has 38 heavy (non-hydrogen) atoms. The molecule has 4 rings (SSSR count). The number of nitrogens with zero attached hydrogens (tertiary/aromatic N) is 2. The standard InChI is InChI=1S/C25H24F4N4O4S/c1-13-19(23(34)31-15-8-5-9-16(12-15)38(3,30)35)24(33-32-22(13)25(27,28)29)37-18-11-10-17(14-6-4-7-14)20(26)21(18)36-2/h5,8-12,14,30H,4,6-7H2,1-3H3,(H,31,34). The number of nitrogens with one attached hydrogen (secondary N) is 2. The van der Waals surface area contributed by atoms with Crippen molar-refractivity contribution < 1.29 is 36.0 Å². The molecule has 8 nitrogen and oxygen atoms in total. The molecule has 1 amide bonds. The van der Waals surface area contributed by atoms with Crippen LogP contribution in [0.2, 0.25) is 0 Å². The summed E-state index contributed by atoms with van der Waals surface area (Å²) >= 11 is 0. The summed E-state index contributed by atoms with van der Waals surface area (Å²) in [4.78, 5) is 13.4. The van der Waals surface area contributed by atoms with Gasteiger partial charge < -0.3 is 14.8 Å². The third kappa shape index (κ3) is 5.42. The summed E-state index contributed by atoms with van der Waals surface area (Å²) in [7, 11) is -1.90. The Bertz CT molecular complexity index is 1510. The minimum atomic E-state index is -4.92. The molecule has 1 unspecified atom stereocenters. The Labute approximate surface area is 216 Å². The van der Waals surface area contributed by atoms with Crippen LogP contribution in [0.4, 0.5) is 23.2 Å². The Morgan fingerprint density at radius 2 is 1.89 bits per heavy atom. The summed E-state index contributed by atoms with van der Waals surface area (Å²) in [5.41, 5.74) is -2.04. The number of anilines is 1. The fraction of sp³-hybridized carbons (Fsp3) is 0.320. The SMILES string of the molecule is COc1c(Oc2nnc(C(F)(F)F)c(C)c2C(=O)Nc2cccc(S(C)(=N)=O)c2)ccc(C2CCC2)c1F. The van der Waals surface area contributed by atoms with E-state index in [9.17, 15) is 22.2 Å². The molecule has 0 bridgehead atoms. The van der Waals surface area contributed by atoms with Gasteiger partial charge in [-0.25, -0.2) is 13.4 Å². The third-order valence-electron chi connectivity index (χ3n) is 6.27. The van der Waals surface area contributed by atoms with Crippen LogP contribution in [0.25, 0.3) is 0 Å². The Morgan fingerprint density at radius 1 is 1.18 bits per heavy atom. The first-order valence-corrected chi connectivity index (χ1v) is 13.4. The van der Waals surface area contributed by atoms with Crippen LogP contribution in [0.5, 0.6) is 17.4 Å². The van der Waals surface area contributed by atoms with Gasteiger partial charge in [0.1, 0.15) is 5.56 Å². The van der Waals surface area contributed by atoms with E-state index in [2.05, 4.69) is 15.5 Å². The number of methoxy groups -OCH3 is 1. The normalized spacial score (nSPS) is 15.3. The number of halogens is 4. The van der Waals surface area contributed by atoms with Crippen molar-refractivity contribution in [3.63, 3.8) is 0 Å². The molecule has 2 aromatic carbocycles. The lowest BCUT2D eigenvalue weighted by molar-refractivity contribution is -0.142. The van der Waals surface area contributed by atoms with Crippen molar-refractivity contribution in [3.8, 4) is 17.4 Å². The highest BCUT2D eigenvalue weighted by atomic mass is 32.2. The molecule has 1 atom stereocenters. The molecule has 0 spiro atoms. The fourth-order valence-corrected chi connectivity index (χ4v) is 4.77. The smallest absolute Gasteiger partial charge is 0.435 e. The molecule has 1 aliphatic rings. The van der Waals surface area contributed by atoms with Crippen LogP contribution in [-0.2, 0) is 15.9 Å². The topological polar surface area (TPSA) is 114 Å². The number of benzene rings is 2. The molecule has 2 N–H and O–H groups in total. The van der Waals surface area contributed by atoms with Crippen LogP contribution in [0, 0.1) is 17.5 Å². The molecule has 0 aliphatic heterocycles. The molecule has 202 valence electrons. The number of hydrogen-bond donors (Lipinski definition) is 2. The first-order chi connectivity index (χ1) is 17.8. The minimum absolute atomic E-state index is 0.0321. The lowest BCUT2D eigenvalue weighted by atomic mass is 9.80. The highest BCUT2D eigenvalue weighted by molar-refractivity contribution is 7.91. The van der Waals surface area contributed by atoms with E-state index in [1.165, 1.54) is 49.8 Å². The van der Waals surface area contributed by atoms with Gasteiger partial charge in [0.2, 0.25) is 0 Å². The number of carbonyl (C=O) groups excluding carboxylic acids is 1. The molecular weight excluding hydrogens is 528 g/mol. The third-order valence-corrected chi connectivity index (χ3v) is 7.42. The molecule has 0 radical (unpaired) electrons. The largest absolute Gasteiger partial charge is 0.490 e. The van der Waals surface area contributed by atoms with E-state index >= 15 is 4.39 Å². The number of alkyl halides is 3. The highest BCUT2D eigenvalue weighted by Crippen LogP contribution is 2.44. The maximum absolute atomic E-state index is 15.2. The van der Waals surface area contributed by atoms with Gasteiger partial charge in [0, 0.05) is 16.8 Å². The van der Waals surface area contributed by atoms with Crippen LogP contribution in [0.3, 0.4) is 0 Å². The zero-order valence-corrected chi connectivity index (χ0v) is 21.4. The summed E-state index contributed by atoms with van der Waals surface area (Å²) < 4.78 is 86.6. The maximum Gasteiger partial charge on any atom is 0.435 e. The number of amides is 1. The average molecular weight is 553 g/mol. The predicted molar refractivity (Wildman–Crippen MR) is 131 cm³/mol. The Hall–Kier alpha value is -3.74. The molecule has 1 aromatic heterocycles. The number of hydrogen-bond acceptors (Lipinski definition) is 7. The van der Waals surface area contributed by atoms with Gasteiger partial charge in [-0.2, -0.15) is 13.2 Å². The number of carbonyl (C=O) groups is 1. The second-order valence-corrected chi connectivity index (χ2v) is 11.1. The molecule has 1 aliphatic carbocycles. The van der Waals surface area contributed by atoms with E-state index in [0.717, 1.165) is 26.2 Å². The van der Waals surface area contributed by atoms with E-state index in [1.54, 1.807) is 0 Å². The maximum atomic E-state index is 15.2. The second kappa shape index (κ2) is 10.2. The van der Waals surface area contributed by atoms with Crippen molar-refractivity contribution in [2.45, 2.75) is 43.2 Å². The van der Waals surface area contributed by atoms with E-state index in [0.29, 0.717) is 5.56 Å². The van der Waals surface area contributed by atoms with Crippen LogP contribution in [-0.4, -0.2) is 33.7 Å². The molecule has 3 aromatic rings. The van der Waals surface area contributed by atoms with E-state index in [-0.39, 0.29) is 28.0 Å². The summed E-state index contributed by atoms with van der Waals surface area (Å²) in [5.74, 6) is -2.73. The van der Waals surface area contributed by atoms with Crippen LogP contribution in [0.15, 0.2) is 41.3 Å².